The van der Waals surface area contributed by atoms with Gasteiger partial charge in [-0.3, -0.25) is 14.4 Å². The van der Waals surface area contributed by atoms with Gasteiger partial charge >= 0.3 is 17.9 Å². The molecule has 0 amide bonds. The second-order valence-corrected chi connectivity index (χ2v) is 23.4. The Labute approximate surface area is 480 Å². The van der Waals surface area contributed by atoms with Crippen LogP contribution in [0.3, 0.4) is 0 Å². The van der Waals surface area contributed by atoms with E-state index < -0.39 is 6.10 Å². The second kappa shape index (κ2) is 66.1. The molecule has 0 heterocycles. The number of hydrogen-bond donors (Lipinski definition) is 0. The summed E-state index contributed by atoms with van der Waals surface area (Å²) in [7, 11) is 0. The fraction of sp³-hybridized carbons (Fsp3) is 0.873. The molecular weight excluding hydrogens is 949 g/mol. The van der Waals surface area contributed by atoms with Crippen LogP contribution in [0.15, 0.2) is 36.5 Å². The van der Waals surface area contributed by atoms with E-state index in [0.717, 1.165) is 64.2 Å². The van der Waals surface area contributed by atoms with Crippen molar-refractivity contribution in [3.63, 3.8) is 0 Å². The molecule has 0 N–H and O–H groups in total. The van der Waals surface area contributed by atoms with Gasteiger partial charge in [-0.2, -0.15) is 0 Å². The van der Waals surface area contributed by atoms with Crippen molar-refractivity contribution < 1.29 is 28.6 Å². The molecule has 0 aromatic carbocycles. The van der Waals surface area contributed by atoms with E-state index >= 15 is 0 Å². The van der Waals surface area contributed by atoms with E-state index in [1.165, 1.54) is 276 Å². The lowest BCUT2D eigenvalue weighted by Crippen LogP contribution is -2.30. The quantitative estimate of drug-likeness (QED) is 0.0261. The summed E-state index contributed by atoms with van der Waals surface area (Å²) in [4.78, 5) is 38.4. The minimum atomic E-state index is -0.774. The van der Waals surface area contributed by atoms with Crippen LogP contribution in [-0.2, 0) is 28.6 Å². The Bertz CT molecular complexity index is 1290. The third kappa shape index (κ3) is 64.3. The van der Waals surface area contributed by atoms with E-state index in [-0.39, 0.29) is 31.1 Å². The number of hydrogen-bond acceptors (Lipinski definition) is 6. The van der Waals surface area contributed by atoms with Crippen LogP contribution >= 0.6 is 0 Å². The minimum absolute atomic E-state index is 0.0712. The lowest BCUT2D eigenvalue weighted by molar-refractivity contribution is -0.167. The van der Waals surface area contributed by atoms with Crippen LogP contribution in [0.25, 0.3) is 0 Å². The van der Waals surface area contributed by atoms with Crippen molar-refractivity contribution in [2.24, 2.45) is 0 Å². The molecule has 0 rings (SSSR count). The van der Waals surface area contributed by atoms with Gasteiger partial charge in [0.15, 0.2) is 6.10 Å². The SMILES string of the molecule is CCCCCCC/C=C\C/C=C\CCCCCCCCCCCC(=O)OCC(COC(=O)CCCCCCCCC/C=C\CCCCCCCCC)OC(=O)CCCCCCCCCCCCCCCCCCCCCC. The highest BCUT2D eigenvalue weighted by atomic mass is 16.6. The zero-order valence-electron chi connectivity index (χ0n) is 52.0. The molecule has 1 unspecified atom stereocenters. The maximum absolute atomic E-state index is 13.0. The minimum Gasteiger partial charge on any atom is -0.462 e. The molecule has 0 aliphatic carbocycles. The third-order valence-electron chi connectivity index (χ3n) is 15.6. The first-order valence-electron chi connectivity index (χ1n) is 34.5. The standard InChI is InChI=1S/C71H132O6/c1-4-7-10-13-16-19-22-25-28-31-34-36-38-40-43-46-49-52-55-58-61-64-70(73)76-67-68(66-75-69(72)63-60-57-54-51-48-45-42-39-33-30-27-24-21-18-15-12-9-6-3)77-71(74)65-62-59-56-53-50-47-44-41-37-35-32-29-26-23-20-17-14-11-8-5-2/h22,25,30-31,33-34,68H,4-21,23-24,26-29,32,35-67H2,1-3H3/b25-22-,33-30-,34-31-. The zero-order valence-corrected chi connectivity index (χ0v) is 52.0. The van der Waals surface area contributed by atoms with Crippen molar-refractivity contribution in [3.05, 3.63) is 36.5 Å². The summed E-state index contributed by atoms with van der Waals surface area (Å²) in [5, 5.41) is 0. The van der Waals surface area contributed by atoms with Crippen molar-refractivity contribution >= 4 is 17.9 Å². The van der Waals surface area contributed by atoms with Crippen LogP contribution in [0, 0.1) is 0 Å². The predicted molar refractivity (Wildman–Crippen MR) is 335 cm³/mol. The molecule has 0 aromatic rings. The first-order valence-corrected chi connectivity index (χ1v) is 34.5. The van der Waals surface area contributed by atoms with Gasteiger partial charge in [-0.1, -0.05) is 320 Å². The fourth-order valence-corrected chi connectivity index (χ4v) is 10.4. The predicted octanol–water partition coefficient (Wildman–Crippen LogP) is 23.6. The van der Waals surface area contributed by atoms with Crippen LogP contribution in [0.2, 0.25) is 0 Å². The van der Waals surface area contributed by atoms with E-state index in [0.29, 0.717) is 19.3 Å². The average molecular weight is 1080 g/mol. The molecule has 6 nitrogen and oxygen atoms in total. The summed E-state index contributed by atoms with van der Waals surface area (Å²) in [6.45, 7) is 6.70. The van der Waals surface area contributed by atoms with Crippen LogP contribution in [-0.4, -0.2) is 37.2 Å². The largest absolute Gasteiger partial charge is 0.462 e. The molecule has 6 heteroatoms. The van der Waals surface area contributed by atoms with E-state index in [2.05, 4.69) is 57.2 Å². The highest BCUT2D eigenvalue weighted by molar-refractivity contribution is 5.71. The van der Waals surface area contributed by atoms with Crippen molar-refractivity contribution in [2.45, 2.75) is 386 Å². The summed E-state index contributed by atoms with van der Waals surface area (Å²) in [6.07, 6.45) is 81.6. The maximum atomic E-state index is 13.0. The molecule has 0 saturated heterocycles. The Kier molecular flexibility index (Phi) is 64.1. The molecular formula is C71H132O6. The van der Waals surface area contributed by atoms with Gasteiger partial charge in [0, 0.05) is 19.3 Å². The molecule has 0 aliphatic heterocycles. The topological polar surface area (TPSA) is 78.9 Å². The van der Waals surface area contributed by atoms with Crippen molar-refractivity contribution in [1.82, 2.24) is 0 Å². The summed E-state index contributed by atoms with van der Waals surface area (Å²) >= 11 is 0. The normalized spacial score (nSPS) is 12.2. The van der Waals surface area contributed by atoms with Crippen molar-refractivity contribution in [3.8, 4) is 0 Å². The van der Waals surface area contributed by atoms with Crippen molar-refractivity contribution in [2.75, 3.05) is 13.2 Å². The van der Waals surface area contributed by atoms with Crippen LogP contribution in [0.1, 0.15) is 380 Å². The number of unbranched alkanes of at least 4 members (excludes halogenated alkanes) is 47. The van der Waals surface area contributed by atoms with Gasteiger partial charge in [-0.05, 0) is 77.0 Å². The van der Waals surface area contributed by atoms with Gasteiger partial charge in [0.1, 0.15) is 13.2 Å². The average Bonchev–Trinajstić information content (AvgIpc) is 3.43. The molecule has 1 atom stereocenters. The summed E-state index contributed by atoms with van der Waals surface area (Å²) in [5.74, 6) is -0.850. The number of carbonyl (C=O) groups is 3. The lowest BCUT2D eigenvalue weighted by Gasteiger charge is -2.18. The van der Waals surface area contributed by atoms with E-state index in [4.69, 9.17) is 14.2 Å². The number of esters is 3. The van der Waals surface area contributed by atoms with E-state index in [1.54, 1.807) is 0 Å². The monoisotopic (exact) mass is 1080 g/mol. The molecule has 0 saturated carbocycles. The summed E-state index contributed by atoms with van der Waals surface area (Å²) in [6, 6.07) is 0. The van der Waals surface area contributed by atoms with E-state index in [1.807, 2.05) is 0 Å². The van der Waals surface area contributed by atoms with Crippen LogP contribution < -0.4 is 0 Å². The molecule has 0 fully saturated rings. The Morgan fingerprint density at radius 1 is 0.260 bits per heavy atom. The van der Waals surface area contributed by atoms with Gasteiger partial charge < -0.3 is 14.2 Å². The number of ether oxygens (including phenoxy) is 3. The van der Waals surface area contributed by atoms with Gasteiger partial charge in [0.2, 0.25) is 0 Å². The molecule has 0 bridgehead atoms. The highest BCUT2D eigenvalue weighted by Gasteiger charge is 2.19. The van der Waals surface area contributed by atoms with Gasteiger partial charge in [0.25, 0.3) is 0 Å². The van der Waals surface area contributed by atoms with Gasteiger partial charge in [-0.15, -0.1) is 0 Å². The number of allylic oxidation sites excluding steroid dienone is 6. The van der Waals surface area contributed by atoms with Crippen molar-refractivity contribution in [1.29, 1.82) is 0 Å². The first-order chi connectivity index (χ1) is 38.0. The first kappa shape index (κ1) is 74.6. The Morgan fingerprint density at radius 2 is 0.468 bits per heavy atom. The zero-order chi connectivity index (χ0) is 55.7. The Morgan fingerprint density at radius 3 is 0.727 bits per heavy atom. The fourth-order valence-electron chi connectivity index (χ4n) is 10.4. The molecule has 77 heavy (non-hydrogen) atoms. The number of carbonyl (C=O) groups excluding carboxylic acids is 3. The van der Waals surface area contributed by atoms with Gasteiger partial charge in [-0.25, -0.2) is 0 Å². The molecule has 0 aliphatic rings. The number of rotatable bonds is 64. The Balaban J connectivity index is 4.33. The third-order valence-corrected chi connectivity index (χ3v) is 15.6. The van der Waals surface area contributed by atoms with Crippen LogP contribution in [0.4, 0.5) is 0 Å². The molecule has 0 spiro atoms. The second-order valence-electron chi connectivity index (χ2n) is 23.4. The Hall–Kier alpha value is -2.37. The lowest BCUT2D eigenvalue weighted by atomic mass is 10.0. The molecule has 452 valence electrons. The maximum Gasteiger partial charge on any atom is 0.306 e. The van der Waals surface area contributed by atoms with E-state index in [9.17, 15) is 14.4 Å². The molecule has 0 aromatic heterocycles. The highest BCUT2D eigenvalue weighted by Crippen LogP contribution is 2.18. The smallest absolute Gasteiger partial charge is 0.306 e. The van der Waals surface area contributed by atoms with Crippen LogP contribution in [0.5, 0.6) is 0 Å². The van der Waals surface area contributed by atoms with Gasteiger partial charge in [0.05, 0.1) is 0 Å². The summed E-state index contributed by atoms with van der Waals surface area (Å²) in [5.41, 5.74) is 0. The summed E-state index contributed by atoms with van der Waals surface area (Å²) < 4.78 is 17.0. The molecule has 0 radical (unpaired) electrons.